The summed E-state index contributed by atoms with van der Waals surface area (Å²) < 4.78 is 5.11. The van der Waals surface area contributed by atoms with Crippen LogP contribution in [0.3, 0.4) is 0 Å². The molecule has 0 radical (unpaired) electrons. The molecule has 1 aromatic carbocycles. The predicted molar refractivity (Wildman–Crippen MR) is 108 cm³/mol. The highest BCUT2D eigenvalue weighted by atomic mass is 32.2. The molecule has 5 nitrogen and oxygen atoms in total. The standard InChI is InChI=1S/C19H24N2O3S2/c1-21(13-14-6-8-15(26-3)9-7-14)19(23)16(10-12-25-2)20-18(22)17-5-4-11-24-17/h4-9,11,16H,10,12-13H2,1-3H3,(H,20,22). The third kappa shape index (κ3) is 5.85. The Balaban J connectivity index is 2.02. The fraction of sp³-hybridized carbons (Fsp3) is 0.368. The number of hydrogen-bond acceptors (Lipinski definition) is 5. The minimum absolute atomic E-state index is 0.104. The average molecular weight is 393 g/mol. The molecule has 0 fully saturated rings. The van der Waals surface area contributed by atoms with Crippen LogP contribution in [0.2, 0.25) is 0 Å². The van der Waals surface area contributed by atoms with E-state index < -0.39 is 6.04 Å². The number of benzene rings is 1. The van der Waals surface area contributed by atoms with Gasteiger partial charge in [-0.15, -0.1) is 11.8 Å². The number of amides is 2. The minimum Gasteiger partial charge on any atom is -0.459 e. The van der Waals surface area contributed by atoms with Crippen LogP contribution in [0, 0.1) is 0 Å². The highest BCUT2D eigenvalue weighted by molar-refractivity contribution is 7.98. The van der Waals surface area contributed by atoms with Crippen molar-refractivity contribution in [2.45, 2.75) is 23.9 Å². The lowest BCUT2D eigenvalue weighted by Crippen LogP contribution is -2.47. The number of hydrogen-bond donors (Lipinski definition) is 1. The highest BCUT2D eigenvalue weighted by Crippen LogP contribution is 2.16. The maximum atomic E-state index is 12.8. The summed E-state index contributed by atoms with van der Waals surface area (Å²) in [6, 6.07) is 10.8. The smallest absolute Gasteiger partial charge is 0.287 e. The van der Waals surface area contributed by atoms with Crippen LogP contribution in [0.25, 0.3) is 0 Å². The Morgan fingerprint density at radius 3 is 2.50 bits per heavy atom. The molecule has 0 spiro atoms. The summed E-state index contributed by atoms with van der Waals surface area (Å²) in [7, 11) is 1.76. The molecule has 1 atom stereocenters. The zero-order chi connectivity index (χ0) is 18.9. The van der Waals surface area contributed by atoms with E-state index in [1.165, 1.54) is 11.2 Å². The molecule has 0 aliphatic rings. The van der Waals surface area contributed by atoms with Crippen molar-refractivity contribution in [1.29, 1.82) is 0 Å². The van der Waals surface area contributed by atoms with Crippen molar-refractivity contribution in [2.24, 2.45) is 0 Å². The van der Waals surface area contributed by atoms with E-state index in [0.717, 1.165) is 11.3 Å². The van der Waals surface area contributed by atoms with Crippen LogP contribution < -0.4 is 5.32 Å². The van der Waals surface area contributed by atoms with Crippen molar-refractivity contribution in [3.05, 3.63) is 54.0 Å². The maximum absolute atomic E-state index is 12.8. The molecular formula is C19H24N2O3S2. The van der Waals surface area contributed by atoms with E-state index >= 15 is 0 Å². The summed E-state index contributed by atoms with van der Waals surface area (Å²) in [6.45, 7) is 0.500. The van der Waals surface area contributed by atoms with Gasteiger partial charge in [-0.05, 0) is 54.5 Å². The Hall–Kier alpha value is -1.86. The van der Waals surface area contributed by atoms with Gasteiger partial charge in [-0.3, -0.25) is 9.59 Å². The van der Waals surface area contributed by atoms with Gasteiger partial charge in [-0.1, -0.05) is 12.1 Å². The van der Waals surface area contributed by atoms with E-state index in [9.17, 15) is 9.59 Å². The second-order valence-electron chi connectivity index (χ2n) is 5.83. The number of thioether (sulfide) groups is 2. The molecule has 26 heavy (non-hydrogen) atoms. The second kappa shape index (κ2) is 10.3. The van der Waals surface area contributed by atoms with Crippen molar-refractivity contribution >= 4 is 35.3 Å². The van der Waals surface area contributed by atoms with Crippen LogP contribution in [0.15, 0.2) is 52.0 Å². The molecule has 140 valence electrons. The number of nitrogens with one attached hydrogen (secondary N) is 1. The Labute approximate surface area is 162 Å². The topological polar surface area (TPSA) is 62.6 Å². The van der Waals surface area contributed by atoms with Gasteiger partial charge in [0, 0.05) is 18.5 Å². The van der Waals surface area contributed by atoms with Crippen LogP contribution in [0.5, 0.6) is 0 Å². The molecule has 2 rings (SSSR count). The van der Waals surface area contributed by atoms with Gasteiger partial charge in [0.1, 0.15) is 6.04 Å². The summed E-state index contributed by atoms with van der Waals surface area (Å²) in [4.78, 5) is 27.9. The van der Waals surface area contributed by atoms with Crippen molar-refractivity contribution in [3.63, 3.8) is 0 Å². The summed E-state index contributed by atoms with van der Waals surface area (Å²) in [5, 5.41) is 2.80. The fourth-order valence-corrected chi connectivity index (χ4v) is 3.36. The Kier molecular flexibility index (Phi) is 8.12. The first kappa shape index (κ1) is 20.5. The molecule has 0 aliphatic carbocycles. The number of carbonyl (C=O) groups excluding carboxylic acids is 2. The van der Waals surface area contributed by atoms with Gasteiger partial charge >= 0.3 is 0 Å². The first-order chi connectivity index (χ1) is 12.5. The zero-order valence-electron chi connectivity index (χ0n) is 15.2. The molecule has 2 aromatic rings. The molecule has 1 heterocycles. The lowest BCUT2D eigenvalue weighted by atomic mass is 10.1. The third-order valence-electron chi connectivity index (χ3n) is 3.91. The van der Waals surface area contributed by atoms with E-state index in [2.05, 4.69) is 5.32 Å². The highest BCUT2D eigenvalue weighted by Gasteiger charge is 2.25. The van der Waals surface area contributed by atoms with Crippen molar-refractivity contribution in [3.8, 4) is 0 Å². The van der Waals surface area contributed by atoms with E-state index in [4.69, 9.17) is 4.42 Å². The average Bonchev–Trinajstić information content (AvgIpc) is 3.20. The number of nitrogens with zero attached hydrogens (tertiary/aromatic N) is 1. The molecule has 0 bridgehead atoms. The van der Waals surface area contributed by atoms with Crippen LogP contribution in [0.4, 0.5) is 0 Å². The summed E-state index contributed by atoms with van der Waals surface area (Å²) >= 11 is 3.33. The molecule has 2 amide bonds. The minimum atomic E-state index is -0.574. The monoisotopic (exact) mass is 392 g/mol. The third-order valence-corrected chi connectivity index (χ3v) is 5.30. The van der Waals surface area contributed by atoms with Gasteiger partial charge in [0.25, 0.3) is 5.91 Å². The van der Waals surface area contributed by atoms with Crippen molar-refractivity contribution < 1.29 is 14.0 Å². The van der Waals surface area contributed by atoms with Crippen molar-refractivity contribution in [1.82, 2.24) is 10.2 Å². The normalized spacial score (nSPS) is 11.8. The van der Waals surface area contributed by atoms with Crippen LogP contribution in [-0.2, 0) is 11.3 Å². The summed E-state index contributed by atoms with van der Waals surface area (Å²) in [5.41, 5.74) is 1.06. The maximum Gasteiger partial charge on any atom is 0.287 e. The first-order valence-corrected chi connectivity index (χ1v) is 10.9. The predicted octanol–water partition coefficient (Wildman–Crippen LogP) is 3.51. The molecular weight excluding hydrogens is 368 g/mol. The number of likely N-dealkylation sites (N-methyl/N-ethyl adjacent to an activating group) is 1. The zero-order valence-corrected chi connectivity index (χ0v) is 16.9. The Morgan fingerprint density at radius 2 is 1.92 bits per heavy atom. The number of carbonyl (C=O) groups is 2. The van der Waals surface area contributed by atoms with E-state index in [-0.39, 0.29) is 17.6 Å². The quantitative estimate of drug-likeness (QED) is 0.662. The van der Waals surface area contributed by atoms with Crippen molar-refractivity contribution in [2.75, 3.05) is 25.3 Å². The van der Waals surface area contributed by atoms with Gasteiger partial charge < -0.3 is 14.6 Å². The largest absolute Gasteiger partial charge is 0.459 e. The number of rotatable bonds is 9. The lowest BCUT2D eigenvalue weighted by Gasteiger charge is -2.24. The van der Waals surface area contributed by atoms with Gasteiger partial charge in [0.15, 0.2) is 5.76 Å². The Bertz CT molecular complexity index is 702. The summed E-state index contributed by atoms with van der Waals surface area (Å²) in [5.74, 6) is 0.521. The van der Waals surface area contributed by atoms with Crippen LogP contribution >= 0.6 is 23.5 Å². The van der Waals surface area contributed by atoms with Gasteiger partial charge in [-0.2, -0.15) is 11.8 Å². The lowest BCUT2D eigenvalue weighted by molar-refractivity contribution is -0.132. The fourth-order valence-electron chi connectivity index (χ4n) is 2.48. The second-order valence-corrected chi connectivity index (χ2v) is 7.69. The first-order valence-electron chi connectivity index (χ1n) is 8.26. The van der Waals surface area contributed by atoms with E-state index in [1.54, 1.807) is 47.6 Å². The SMILES string of the molecule is CSCCC(NC(=O)c1ccco1)C(=O)N(C)Cc1ccc(SC)cc1. The van der Waals surface area contributed by atoms with Crippen LogP contribution in [0.1, 0.15) is 22.5 Å². The van der Waals surface area contributed by atoms with E-state index in [1.807, 2.05) is 36.8 Å². The number of furan rings is 1. The molecule has 1 N–H and O–H groups in total. The molecule has 0 saturated heterocycles. The van der Waals surface area contributed by atoms with Gasteiger partial charge in [0.05, 0.1) is 6.26 Å². The molecule has 0 aliphatic heterocycles. The summed E-state index contributed by atoms with van der Waals surface area (Å²) in [6.07, 6.45) is 6.02. The molecule has 0 saturated carbocycles. The van der Waals surface area contributed by atoms with Crippen LogP contribution in [-0.4, -0.2) is 48.1 Å². The molecule has 7 heteroatoms. The molecule has 1 unspecified atom stereocenters. The van der Waals surface area contributed by atoms with Gasteiger partial charge in [-0.25, -0.2) is 0 Å². The molecule has 1 aromatic heterocycles. The van der Waals surface area contributed by atoms with Gasteiger partial charge in [0.2, 0.25) is 5.91 Å². The van der Waals surface area contributed by atoms with E-state index in [0.29, 0.717) is 13.0 Å². The Morgan fingerprint density at radius 1 is 1.19 bits per heavy atom.